The molecule has 0 amide bonds. The number of pyridine rings is 1. The molecular weight excluding hydrogens is 334 g/mol. The molecule has 2 aromatic heterocycles. The van der Waals surface area contributed by atoms with Crippen molar-refractivity contribution in [2.45, 2.75) is 20.0 Å². The van der Waals surface area contributed by atoms with Gasteiger partial charge in [-0.1, -0.05) is 0 Å². The molecule has 8 heteroatoms. The van der Waals surface area contributed by atoms with Gasteiger partial charge in [-0.3, -0.25) is 0 Å². The van der Waals surface area contributed by atoms with Crippen LogP contribution >= 0.6 is 27.3 Å². The van der Waals surface area contributed by atoms with Gasteiger partial charge in [0.2, 0.25) is 5.75 Å². The largest absolute Gasteiger partial charge is 0.475 e. The summed E-state index contributed by atoms with van der Waals surface area (Å²) in [5.74, 6) is -0.178. The molecular formula is C11H10BrN3O3S. The summed E-state index contributed by atoms with van der Waals surface area (Å²) >= 11 is 4.67. The van der Waals surface area contributed by atoms with Crippen LogP contribution in [0.2, 0.25) is 0 Å². The third-order valence-electron chi connectivity index (χ3n) is 2.26. The van der Waals surface area contributed by atoms with Gasteiger partial charge in [-0.25, -0.2) is 4.98 Å². The first-order valence-electron chi connectivity index (χ1n) is 5.36. The van der Waals surface area contributed by atoms with E-state index in [4.69, 9.17) is 4.74 Å². The quantitative estimate of drug-likeness (QED) is 0.625. The van der Waals surface area contributed by atoms with Gasteiger partial charge >= 0.3 is 5.82 Å². The molecule has 1 unspecified atom stereocenters. The van der Waals surface area contributed by atoms with Crippen molar-refractivity contribution in [1.29, 1.82) is 0 Å². The lowest BCUT2D eigenvalue weighted by atomic mass is 10.4. The summed E-state index contributed by atoms with van der Waals surface area (Å²) in [6.07, 6.45) is 0.997. The fraction of sp³-hybridized carbons (Fsp3) is 0.273. The number of halogens is 1. The summed E-state index contributed by atoms with van der Waals surface area (Å²) in [5.41, 5.74) is 0.900. The Hall–Kier alpha value is -1.54. The van der Waals surface area contributed by atoms with E-state index in [1.165, 1.54) is 23.6 Å². The molecule has 0 aliphatic heterocycles. The van der Waals surface area contributed by atoms with E-state index in [1.807, 2.05) is 12.3 Å². The Balaban J connectivity index is 2.27. The van der Waals surface area contributed by atoms with Gasteiger partial charge in [-0.2, -0.15) is 0 Å². The number of ether oxygens (including phenoxy) is 1. The normalized spacial score (nSPS) is 12.2. The lowest BCUT2D eigenvalue weighted by molar-refractivity contribution is -0.390. The van der Waals surface area contributed by atoms with E-state index in [0.29, 0.717) is 4.47 Å². The van der Waals surface area contributed by atoms with Gasteiger partial charge < -0.3 is 14.9 Å². The molecule has 0 aromatic carbocycles. The SMILES string of the molecule is Cc1csc(C(C)Oc2cc(Br)cnc2[N+](=O)[O-])n1. The number of hydrogen-bond acceptors (Lipinski definition) is 6. The molecule has 100 valence electrons. The van der Waals surface area contributed by atoms with Crippen LogP contribution in [0.25, 0.3) is 0 Å². The van der Waals surface area contributed by atoms with E-state index in [-0.39, 0.29) is 17.7 Å². The summed E-state index contributed by atoms with van der Waals surface area (Å²) in [6, 6.07) is 1.53. The Labute approximate surface area is 121 Å². The monoisotopic (exact) mass is 343 g/mol. The molecule has 2 heterocycles. The van der Waals surface area contributed by atoms with Crippen molar-refractivity contribution in [3.05, 3.63) is 42.9 Å². The van der Waals surface area contributed by atoms with Crippen LogP contribution in [0, 0.1) is 17.0 Å². The number of aryl methyl sites for hydroxylation is 1. The van der Waals surface area contributed by atoms with E-state index in [9.17, 15) is 10.1 Å². The van der Waals surface area contributed by atoms with Crippen LogP contribution < -0.4 is 4.74 Å². The molecule has 0 spiro atoms. The van der Waals surface area contributed by atoms with Gasteiger partial charge in [0.15, 0.2) is 6.20 Å². The van der Waals surface area contributed by atoms with Crippen molar-refractivity contribution in [2.24, 2.45) is 0 Å². The molecule has 0 aliphatic carbocycles. The van der Waals surface area contributed by atoms with Crippen molar-refractivity contribution in [3.8, 4) is 5.75 Å². The van der Waals surface area contributed by atoms with Crippen LogP contribution in [-0.2, 0) is 0 Å². The number of nitro groups is 1. The Bertz CT molecular complexity index is 617. The van der Waals surface area contributed by atoms with Gasteiger partial charge in [0.05, 0.1) is 4.47 Å². The lowest BCUT2D eigenvalue weighted by Crippen LogP contribution is -2.05. The number of rotatable bonds is 4. The maximum absolute atomic E-state index is 10.9. The number of nitrogens with zero attached hydrogens (tertiary/aromatic N) is 3. The first-order chi connectivity index (χ1) is 8.97. The van der Waals surface area contributed by atoms with E-state index in [1.54, 1.807) is 6.92 Å². The Morgan fingerprint density at radius 3 is 2.89 bits per heavy atom. The minimum absolute atomic E-state index is 0.125. The van der Waals surface area contributed by atoms with Gasteiger partial charge in [-0.15, -0.1) is 11.3 Å². The first-order valence-corrected chi connectivity index (χ1v) is 7.03. The highest BCUT2D eigenvalue weighted by Crippen LogP contribution is 2.32. The molecule has 6 nitrogen and oxygen atoms in total. The van der Waals surface area contributed by atoms with E-state index >= 15 is 0 Å². The van der Waals surface area contributed by atoms with E-state index < -0.39 is 4.92 Å². The fourth-order valence-electron chi connectivity index (χ4n) is 1.44. The molecule has 1 atom stereocenters. The summed E-state index contributed by atoms with van der Waals surface area (Å²) in [7, 11) is 0. The summed E-state index contributed by atoms with van der Waals surface area (Å²) < 4.78 is 6.22. The highest BCUT2D eigenvalue weighted by molar-refractivity contribution is 9.10. The van der Waals surface area contributed by atoms with Crippen molar-refractivity contribution < 1.29 is 9.66 Å². The van der Waals surface area contributed by atoms with Gasteiger partial charge in [0.1, 0.15) is 11.1 Å². The van der Waals surface area contributed by atoms with Crippen LogP contribution in [0.3, 0.4) is 0 Å². The fourth-order valence-corrected chi connectivity index (χ4v) is 2.53. The van der Waals surface area contributed by atoms with Crippen LogP contribution in [-0.4, -0.2) is 14.9 Å². The number of hydrogen-bond donors (Lipinski definition) is 0. The maximum Gasteiger partial charge on any atom is 0.406 e. The zero-order valence-corrected chi connectivity index (χ0v) is 12.6. The van der Waals surface area contributed by atoms with Crippen LogP contribution in [0.15, 0.2) is 22.1 Å². The number of aromatic nitrogens is 2. The predicted molar refractivity (Wildman–Crippen MR) is 74.5 cm³/mol. The third-order valence-corrected chi connectivity index (χ3v) is 3.82. The van der Waals surface area contributed by atoms with Crippen molar-refractivity contribution >= 4 is 33.1 Å². The van der Waals surface area contributed by atoms with Gasteiger partial charge in [0, 0.05) is 17.1 Å². The topological polar surface area (TPSA) is 78.2 Å². The summed E-state index contributed by atoms with van der Waals surface area (Å²) in [4.78, 5) is 18.4. The zero-order chi connectivity index (χ0) is 14.0. The third kappa shape index (κ3) is 3.27. The predicted octanol–water partition coefficient (Wildman–Crippen LogP) is 3.66. The summed E-state index contributed by atoms with van der Waals surface area (Å²) in [5, 5.41) is 13.6. The number of thiazole rings is 1. The van der Waals surface area contributed by atoms with Crippen LogP contribution in [0.1, 0.15) is 23.7 Å². The maximum atomic E-state index is 10.9. The van der Waals surface area contributed by atoms with Gasteiger partial charge in [0.25, 0.3) is 0 Å². The second-order valence-corrected chi connectivity index (χ2v) is 5.62. The second-order valence-electron chi connectivity index (χ2n) is 3.82. The summed E-state index contributed by atoms with van der Waals surface area (Å²) in [6.45, 7) is 3.68. The smallest absolute Gasteiger partial charge is 0.406 e. The molecule has 0 aliphatic rings. The molecule has 0 saturated heterocycles. The molecule has 0 saturated carbocycles. The van der Waals surface area contributed by atoms with Crippen molar-refractivity contribution in [1.82, 2.24) is 9.97 Å². The van der Waals surface area contributed by atoms with Crippen LogP contribution in [0.5, 0.6) is 5.75 Å². The van der Waals surface area contributed by atoms with Crippen molar-refractivity contribution in [2.75, 3.05) is 0 Å². The second kappa shape index (κ2) is 5.62. The molecule has 2 aromatic rings. The molecule has 0 bridgehead atoms. The van der Waals surface area contributed by atoms with E-state index in [0.717, 1.165) is 10.7 Å². The Morgan fingerprint density at radius 1 is 1.58 bits per heavy atom. The molecule has 0 N–H and O–H groups in total. The molecule has 0 radical (unpaired) electrons. The minimum Gasteiger partial charge on any atom is -0.475 e. The average molecular weight is 344 g/mol. The standard InChI is InChI=1S/C11H10BrN3O3S/c1-6-5-19-11(14-6)7(2)18-9-3-8(12)4-13-10(9)15(16)17/h3-5,7H,1-2H3. The average Bonchev–Trinajstić information content (AvgIpc) is 2.75. The van der Waals surface area contributed by atoms with Crippen LogP contribution in [0.4, 0.5) is 5.82 Å². The van der Waals surface area contributed by atoms with E-state index in [2.05, 4.69) is 25.9 Å². The molecule has 0 fully saturated rings. The zero-order valence-electron chi connectivity index (χ0n) is 10.2. The first kappa shape index (κ1) is 13.9. The molecule has 19 heavy (non-hydrogen) atoms. The Kier molecular flexibility index (Phi) is 4.11. The lowest BCUT2D eigenvalue weighted by Gasteiger charge is -2.11. The highest BCUT2D eigenvalue weighted by atomic mass is 79.9. The highest BCUT2D eigenvalue weighted by Gasteiger charge is 2.21. The molecule has 2 rings (SSSR count). The minimum atomic E-state index is -0.568. The van der Waals surface area contributed by atoms with Gasteiger partial charge in [-0.05, 0) is 39.7 Å². The Morgan fingerprint density at radius 2 is 2.32 bits per heavy atom. The van der Waals surface area contributed by atoms with Crippen molar-refractivity contribution in [3.63, 3.8) is 0 Å².